The van der Waals surface area contributed by atoms with E-state index in [1.807, 2.05) is 0 Å². The number of hydrogen-bond donors (Lipinski definition) is 0. The Morgan fingerprint density at radius 3 is 1.75 bits per heavy atom. The molecule has 0 aliphatic carbocycles. The first-order valence-corrected chi connectivity index (χ1v) is 10.7. The zero-order chi connectivity index (χ0) is 24.7. The van der Waals surface area contributed by atoms with Gasteiger partial charge in [0.15, 0.2) is 0 Å². The van der Waals surface area contributed by atoms with Gasteiger partial charge in [0.05, 0.1) is 13.2 Å². The molecule has 180 valence electrons. The van der Waals surface area contributed by atoms with Gasteiger partial charge in [-0.15, -0.1) is 0 Å². The van der Waals surface area contributed by atoms with E-state index < -0.39 is 52.7 Å². The summed E-state index contributed by atoms with van der Waals surface area (Å²) in [5.74, 6) is 4.92. The third-order valence-corrected chi connectivity index (χ3v) is 4.82. The minimum Gasteiger partial charge on any atom is -0.444 e. The molecule has 2 heterocycles. The molecule has 2 saturated heterocycles. The smallest absolute Gasteiger partial charge is 0.413 e. The van der Waals surface area contributed by atoms with Gasteiger partial charge in [0.1, 0.15) is 34.7 Å². The maximum absolute atomic E-state index is 13.0. The third-order valence-electron chi connectivity index (χ3n) is 4.82. The van der Waals surface area contributed by atoms with E-state index in [-0.39, 0.29) is 13.2 Å². The van der Waals surface area contributed by atoms with Gasteiger partial charge in [-0.05, 0) is 75.2 Å². The quantitative estimate of drug-likeness (QED) is 0.445. The average Bonchev–Trinajstić information content (AvgIpc) is 3.04. The van der Waals surface area contributed by atoms with Gasteiger partial charge >= 0.3 is 12.2 Å². The fraction of sp³-hybridized carbons (Fsp3) is 0.783. The van der Waals surface area contributed by atoms with Crippen molar-refractivity contribution in [3.05, 3.63) is 0 Å². The zero-order valence-corrected chi connectivity index (χ0v) is 20.8. The number of amides is 2. The predicted molar refractivity (Wildman–Crippen MR) is 117 cm³/mol. The highest BCUT2D eigenvalue weighted by Crippen LogP contribution is 2.31. The Balaban J connectivity index is 2.23. The summed E-state index contributed by atoms with van der Waals surface area (Å²) in [5.41, 5.74) is -3.38. The lowest BCUT2D eigenvalue weighted by Crippen LogP contribution is -2.52. The molecule has 0 radical (unpaired) electrons. The van der Waals surface area contributed by atoms with Gasteiger partial charge < -0.3 is 18.9 Å². The monoisotopic (exact) mass is 452 g/mol. The maximum atomic E-state index is 13.0. The summed E-state index contributed by atoms with van der Waals surface area (Å²) in [6.45, 7) is 17.5. The van der Waals surface area contributed by atoms with Gasteiger partial charge in [0.25, 0.3) is 0 Å². The highest BCUT2D eigenvalue weighted by Gasteiger charge is 2.49. The lowest BCUT2D eigenvalue weighted by atomic mass is 10.1. The molecule has 9 heteroatoms. The predicted octanol–water partition coefficient (Wildman–Crippen LogP) is 3.30. The van der Waals surface area contributed by atoms with Crippen LogP contribution in [-0.2, 0) is 23.7 Å². The molecule has 0 spiro atoms. The van der Waals surface area contributed by atoms with Gasteiger partial charge in [0.2, 0.25) is 5.78 Å². The topological polar surface area (TPSA) is 94.6 Å². The molecule has 2 rings (SSSR count). The number of ether oxygens (including phenoxy) is 4. The number of carbonyl (C=O) groups is 3. The molecule has 2 atom stereocenters. The van der Waals surface area contributed by atoms with Crippen LogP contribution in [0.15, 0.2) is 0 Å². The van der Waals surface area contributed by atoms with Crippen LogP contribution in [0, 0.1) is 11.8 Å². The second kappa shape index (κ2) is 8.56. The van der Waals surface area contributed by atoms with Gasteiger partial charge in [-0.25, -0.2) is 9.59 Å². The van der Waals surface area contributed by atoms with Crippen molar-refractivity contribution in [2.45, 2.75) is 104 Å². The zero-order valence-electron chi connectivity index (χ0n) is 20.8. The Morgan fingerprint density at radius 2 is 1.25 bits per heavy atom. The second-order valence-corrected chi connectivity index (χ2v) is 10.9. The molecule has 2 fully saturated rings. The highest BCUT2D eigenvalue weighted by molar-refractivity contribution is 6.01. The molecular formula is C23H36N2O7. The molecule has 0 bridgehead atoms. The minimum atomic E-state index is -1.02. The van der Waals surface area contributed by atoms with E-state index >= 15 is 0 Å². The van der Waals surface area contributed by atoms with E-state index in [1.165, 1.54) is 9.80 Å². The van der Waals surface area contributed by atoms with Crippen LogP contribution in [0.1, 0.15) is 69.2 Å². The molecule has 0 N–H and O–H groups in total. The standard InChI is InChI=1S/C23H36N2O7/c1-20(2,3)31-18(27)24-15(13-29-22(24,7)8)11-12-17(26)16-14-30-23(9,10)25(16)19(28)32-21(4,5)6/h15-16H,13-14H2,1-10H3/t15-,16+/m0/s1. The van der Waals surface area contributed by atoms with Crippen LogP contribution >= 0.6 is 0 Å². The summed E-state index contributed by atoms with van der Waals surface area (Å²) < 4.78 is 22.3. The van der Waals surface area contributed by atoms with Crippen molar-refractivity contribution in [3.63, 3.8) is 0 Å². The van der Waals surface area contributed by atoms with Crippen molar-refractivity contribution < 1.29 is 33.3 Å². The van der Waals surface area contributed by atoms with E-state index in [2.05, 4.69) is 11.8 Å². The molecule has 9 nitrogen and oxygen atoms in total. The van der Waals surface area contributed by atoms with Gasteiger partial charge in [-0.3, -0.25) is 14.6 Å². The van der Waals surface area contributed by atoms with Crippen molar-refractivity contribution in [1.29, 1.82) is 0 Å². The summed E-state index contributed by atoms with van der Waals surface area (Å²) in [4.78, 5) is 41.1. The molecular weight excluding hydrogens is 416 g/mol. The normalized spacial score (nSPS) is 24.6. The number of rotatable bonds is 1. The highest BCUT2D eigenvalue weighted by atomic mass is 16.6. The summed E-state index contributed by atoms with van der Waals surface area (Å²) in [7, 11) is 0. The number of nitrogens with zero attached hydrogens (tertiary/aromatic N) is 2. The van der Waals surface area contributed by atoms with E-state index in [4.69, 9.17) is 18.9 Å². The molecule has 0 unspecified atom stereocenters. The molecule has 32 heavy (non-hydrogen) atoms. The van der Waals surface area contributed by atoms with Crippen LogP contribution in [0.3, 0.4) is 0 Å². The molecule has 2 amide bonds. The van der Waals surface area contributed by atoms with Crippen LogP contribution in [0.5, 0.6) is 0 Å². The molecule has 2 aliphatic rings. The lowest BCUT2D eigenvalue weighted by Gasteiger charge is -2.34. The van der Waals surface area contributed by atoms with Crippen molar-refractivity contribution in [2.75, 3.05) is 13.2 Å². The van der Waals surface area contributed by atoms with E-state index in [1.54, 1.807) is 69.2 Å². The van der Waals surface area contributed by atoms with Crippen LogP contribution in [0.25, 0.3) is 0 Å². The van der Waals surface area contributed by atoms with Crippen molar-refractivity contribution in [1.82, 2.24) is 9.80 Å². The molecule has 2 aliphatic heterocycles. The van der Waals surface area contributed by atoms with Crippen molar-refractivity contribution in [3.8, 4) is 11.8 Å². The second-order valence-electron chi connectivity index (χ2n) is 10.9. The molecule has 0 aromatic heterocycles. The number of carbonyl (C=O) groups excluding carboxylic acids is 3. The first kappa shape index (κ1) is 25.9. The first-order valence-electron chi connectivity index (χ1n) is 10.7. The first-order chi connectivity index (χ1) is 14.3. The van der Waals surface area contributed by atoms with Crippen molar-refractivity contribution >= 4 is 18.0 Å². The number of hydrogen-bond acceptors (Lipinski definition) is 7. The van der Waals surface area contributed by atoms with Crippen LogP contribution < -0.4 is 0 Å². The Hall–Kier alpha value is -2.31. The SMILES string of the molecule is CC(C)(C)OC(=O)N1[C@@H](C(=O)C#C[C@H]2COC(C)(C)N2C(=O)OC(C)(C)C)COC1(C)C. The average molecular weight is 453 g/mol. The molecule has 0 aromatic carbocycles. The maximum Gasteiger partial charge on any atom is 0.413 e. The van der Waals surface area contributed by atoms with E-state index in [0.717, 1.165) is 0 Å². The van der Waals surface area contributed by atoms with Crippen molar-refractivity contribution in [2.24, 2.45) is 0 Å². The minimum absolute atomic E-state index is 0.00218. The summed E-state index contributed by atoms with van der Waals surface area (Å²) in [6, 6.07) is -1.59. The summed E-state index contributed by atoms with van der Waals surface area (Å²) in [6.07, 6.45) is -1.23. The Kier molecular flexibility index (Phi) is 6.94. The van der Waals surface area contributed by atoms with Gasteiger partial charge in [-0.1, -0.05) is 5.92 Å². The van der Waals surface area contributed by atoms with Crippen LogP contribution in [-0.4, -0.2) is 75.7 Å². The Labute approximate surface area is 190 Å². The van der Waals surface area contributed by atoms with Crippen LogP contribution in [0.2, 0.25) is 0 Å². The Morgan fingerprint density at radius 1 is 0.812 bits per heavy atom. The summed E-state index contributed by atoms with van der Waals surface area (Å²) in [5, 5.41) is 0. The fourth-order valence-corrected chi connectivity index (χ4v) is 3.46. The lowest BCUT2D eigenvalue weighted by molar-refractivity contribution is -0.119. The third kappa shape index (κ3) is 6.14. The van der Waals surface area contributed by atoms with Crippen LogP contribution in [0.4, 0.5) is 9.59 Å². The van der Waals surface area contributed by atoms with E-state index in [9.17, 15) is 14.4 Å². The molecule has 0 aromatic rings. The van der Waals surface area contributed by atoms with Gasteiger partial charge in [-0.2, -0.15) is 0 Å². The van der Waals surface area contributed by atoms with Gasteiger partial charge in [0, 0.05) is 0 Å². The number of ketones is 1. The fourth-order valence-electron chi connectivity index (χ4n) is 3.46. The molecule has 0 saturated carbocycles. The van der Waals surface area contributed by atoms with E-state index in [0.29, 0.717) is 0 Å². The Bertz CT molecular complexity index is 824. The largest absolute Gasteiger partial charge is 0.444 e. The number of Topliss-reactive ketones (excluding diaryl/α,β-unsaturated/α-hetero) is 1. The summed E-state index contributed by atoms with van der Waals surface area (Å²) >= 11 is 0.